The lowest BCUT2D eigenvalue weighted by Gasteiger charge is -2.15. The molecule has 0 saturated carbocycles. The van der Waals surface area contributed by atoms with Gasteiger partial charge in [-0.25, -0.2) is 4.98 Å². The molecule has 2 heterocycles. The molecule has 19 heavy (non-hydrogen) atoms. The number of hydrogen-bond donors (Lipinski definition) is 1. The second kappa shape index (κ2) is 6.59. The summed E-state index contributed by atoms with van der Waals surface area (Å²) >= 11 is 5.17. The first-order valence-electron chi connectivity index (χ1n) is 6.40. The van der Waals surface area contributed by atoms with Crippen molar-refractivity contribution in [3.63, 3.8) is 0 Å². The van der Waals surface area contributed by atoms with Gasteiger partial charge in [-0.2, -0.15) is 0 Å². The Morgan fingerprint density at radius 2 is 2.16 bits per heavy atom. The van der Waals surface area contributed by atoms with Crippen molar-refractivity contribution < 1.29 is 0 Å². The summed E-state index contributed by atoms with van der Waals surface area (Å²) in [6, 6.07) is 4.16. The molecule has 1 atom stereocenters. The summed E-state index contributed by atoms with van der Waals surface area (Å²) in [6.45, 7) is 7.29. The SMILES string of the molecule is CCCNC(c1ccc(Br)cn1)c1nc(C)c(C)s1. The number of pyridine rings is 1. The fourth-order valence-electron chi connectivity index (χ4n) is 1.79. The van der Waals surface area contributed by atoms with Crippen LogP contribution in [-0.2, 0) is 0 Å². The molecule has 0 radical (unpaired) electrons. The number of thiazole rings is 1. The molecule has 0 saturated heterocycles. The average molecular weight is 340 g/mol. The van der Waals surface area contributed by atoms with Crippen molar-refractivity contribution >= 4 is 27.3 Å². The van der Waals surface area contributed by atoms with Crippen molar-refractivity contribution in [2.24, 2.45) is 0 Å². The Hall–Kier alpha value is -0.780. The fourth-order valence-corrected chi connectivity index (χ4v) is 3.03. The summed E-state index contributed by atoms with van der Waals surface area (Å²) in [5.74, 6) is 0. The van der Waals surface area contributed by atoms with Crippen LogP contribution in [0, 0.1) is 13.8 Å². The molecular weight excluding hydrogens is 322 g/mol. The number of hydrogen-bond acceptors (Lipinski definition) is 4. The summed E-state index contributed by atoms with van der Waals surface area (Å²) in [4.78, 5) is 10.4. The van der Waals surface area contributed by atoms with Crippen molar-refractivity contribution in [2.45, 2.75) is 33.2 Å². The monoisotopic (exact) mass is 339 g/mol. The maximum atomic E-state index is 4.67. The molecule has 0 fully saturated rings. The van der Waals surface area contributed by atoms with Crippen LogP contribution in [0.15, 0.2) is 22.8 Å². The first kappa shape index (κ1) is 14.6. The molecule has 0 aromatic carbocycles. The molecule has 0 spiro atoms. The summed E-state index contributed by atoms with van der Waals surface area (Å²) in [5.41, 5.74) is 2.13. The van der Waals surface area contributed by atoms with Gasteiger partial charge in [0.15, 0.2) is 0 Å². The number of aryl methyl sites for hydroxylation is 2. The molecule has 0 aliphatic heterocycles. The van der Waals surface area contributed by atoms with E-state index in [0.29, 0.717) is 0 Å². The lowest BCUT2D eigenvalue weighted by atomic mass is 10.2. The Kier molecular flexibility index (Phi) is 5.07. The van der Waals surface area contributed by atoms with E-state index in [9.17, 15) is 0 Å². The van der Waals surface area contributed by atoms with Gasteiger partial charge in [-0.3, -0.25) is 4.98 Å². The van der Waals surface area contributed by atoms with Gasteiger partial charge in [0.2, 0.25) is 0 Å². The zero-order valence-corrected chi connectivity index (χ0v) is 13.8. The Morgan fingerprint density at radius 1 is 1.37 bits per heavy atom. The molecule has 3 nitrogen and oxygen atoms in total. The predicted molar refractivity (Wildman–Crippen MR) is 83.7 cm³/mol. The highest BCUT2D eigenvalue weighted by Crippen LogP contribution is 2.27. The number of halogens is 1. The molecule has 0 aliphatic rings. The topological polar surface area (TPSA) is 37.8 Å². The number of rotatable bonds is 5. The molecule has 0 aliphatic carbocycles. The van der Waals surface area contributed by atoms with Gasteiger partial charge in [0.1, 0.15) is 11.0 Å². The molecule has 0 amide bonds. The molecule has 2 rings (SSSR count). The van der Waals surface area contributed by atoms with Crippen LogP contribution in [0.1, 0.15) is 40.7 Å². The first-order valence-corrected chi connectivity index (χ1v) is 8.01. The van der Waals surface area contributed by atoms with Gasteiger partial charge in [0.05, 0.1) is 11.4 Å². The third kappa shape index (κ3) is 3.61. The van der Waals surface area contributed by atoms with Crippen LogP contribution in [0.25, 0.3) is 0 Å². The smallest absolute Gasteiger partial charge is 0.116 e. The fraction of sp³-hybridized carbons (Fsp3) is 0.429. The second-order valence-electron chi connectivity index (χ2n) is 4.48. The maximum Gasteiger partial charge on any atom is 0.116 e. The van der Waals surface area contributed by atoms with Crippen molar-refractivity contribution in [3.05, 3.63) is 44.1 Å². The average Bonchev–Trinajstić information content (AvgIpc) is 2.72. The zero-order chi connectivity index (χ0) is 13.8. The standard InChI is InChI=1S/C14H18BrN3S/c1-4-7-16-13(12-6-5-11(15)8-17-12)14-18-9(2)10(3)19-14/h5-6,8,13,16H,4,7H2,1-3H3. The Morgan fingerprint density at radius 3 is 2.68 bits per heavy atom. The predicted octanol–water partition coefficient (Wildman–Crippen LogP) is 4.01. The van der Waals surface area contributed by atoms with Crippen LogP contribution in [0.2, 0.25) is 0 Å². The Labute approximate surface area is 126 Å². The van der Waals surface area contributed by atoms with E-state index < -0.39 is 0 Å². The van der Waals surface area contributed by atoms with Crippen molar-refractivity contribution in [1.29, 1.82) is 0 Å². The molecule has 1 N–H and O–H groups in total. The van der Waals surface area contributed by atoms with E-state index in [2.05, 4.69) is 52.0 Å². The van der Waals surface area contributed by atoms with Gasteiger partial charge in [-0.1, -0.05) is 6.92 Å². The van der Waals surface area contributed by atoms with Crippen molar-refractivity contribution in [2.75, 3.05) is 6.54 Å². The molecule has 5 heteroatoms. The third-order valence-electron chi connectivity index (χ3n) is 2.94. The quantitative estimate of drug-likeness (QED) is 0.894. The summed E-state index contributed by atoms with van der Waals surface area (Å²) in [5, 5.41) is 4.63. The van der Waals surface area contributed by atoms with Crippen LogP contribution in [-0.4, -0.2) is 16.5 Å². The van der Waals surface area contributed by atoms with E-state index >= 15 is 0 Å². The molecule has 102 valence electrons. The third-order valence-corrected chi connectivity index (χ3v) is 4.54. The lowest BCUT2D eigenvalue weighted by molar-refractivity contribution is 0.583. The molecule has 1 unspecified atom stereocenters. The Balaban J connectivity index is 2.32. The normalized spacial score (nSPS) is 12.6. The zero-order valence-electron chi connectivity index (χ0n) is 11.4. The van der Waals surface area contributed by atoms with Crippen molar-refractivity contribution in [3.8, 4) is 0 Å². The highest BCUT2D eigenvalue weighted by atomic mass is 79.9. The lowest BCUT2D eigenvalue weighted by Crippen LogP contribution is -2.24. The van der Waals surface area contributed by atoms with Gasteiger partial charge in [-0.15, -0.1) is 11.3 Å². The van der Waals surface area contributed by atoms with E-state index in [4.69, 9.17) is 0 Å². The minimum atomic E-state index is 0.0884. The number of nitrogens with one attached hydrogen (secondary N) is 1. The van der Waals surface area contributed by atoms with E-state index in [0.717, 1.165) is 33.8 Å². The van der Waals surface area contributed by atoms with Crippen LogP contribution in [0.3, 0.4) is 0 Å². The van der Waals surface area contributed by atoms with E-state index in [1.807, 2.05) is 18.3 Å². The van der Waals surface area contributed by atoms with Gasteiger partial charge < -0.3 is 5.32 Å². The van der Waals surface area contributed by atoms with Gasteiger partial charge in [0, 0.05) is 15.5 Å². The summed E-state index contributed by atoms with van der Waals surface area (Å²) < 4.78 is 0.997. The number of nitrogens with zero attached hydrogens (tertiary/aromatic N) is 2. The van der Waals surface area contributed by atoms with Gasteiger partial charge in [0.25, 0.3) is 0 Å². The highest BCUT2D eigenvalue weighted by Gasteiger charge is 2.19. The van der Waals surface area contributed by atoms with E-state index in [1.54, 1.807) is 11.3 Å². The molecule has 2 aromatic heterocycles. The second-order valence-corrected chi connectivity index (χ2v) is 6.63. The van der Waals surface area contributed by atoms with Crippen LogP contribution in [0.5, 0.6) is 0 Å². The molecule has 2 aromatic rings. The van der Waals surface area contributed by atoms with Gasteiger partial charge in [-0.05, 0) is 54.9 Å². The highest BCUT2D eigenvalue weighted by molar-refractivity contribution is 9.10. The van der Waals surface area contributed by atoms with Crippen LogP contribution in [0.4, 0.5) is 0 Å². The van der Waals surface area contributed by atoms with Crippen LogP contribution < -0.4 is 5.32 Å². The number of aromatic nitrogens is 2. The van der Waals surface area contributed by atoms with Gasteiger partial charge >= 0.3 is 0 Å². The first-order chi connectivity index (χ1) is 9.11. The summed E-state index contributed by atoms with van der Waals surface area (Å²) in [7, 11) is 0. The Bertz CT molecular complexity index is 517. The van der Waals surface area contributed by atoms with Crippen molar-refractivity contribution in [1.82, 2.24) is 15.3 Å². The largest absolute Gasteiger partial charge is 0.303 e. The molecular formula is C14H18BrN3S. The summed E-state index contributed by atoms with van der Waals surface area (Å²) in [6.07, 6.45) is 2.93. The van der Waals surface area contributed by atoms with E-state index in [1.165, 1.54) is 4.88 Å². The van der Waals surface area contributed by atoms with Crippen LogP contribution >= 0.6 is 27.3 Å². The minimum absolute atomic E-state index is 0.0884. The maximum absolute atomic E-state index is 4.67. The minimum Gasteiger partial charge on any atom is -0.303 e. The molecule has 0 bridgehead atoms. The van der Waals surface area contributed by atoms with E-state index in [-0.39, 0.29) is 6.04 Å².